The molecule has 0 aliphatic heterocycles. The van der Waals surface area contributed by atoms with E-state index < -0.39 is 8.25 Å². The SMILES string of the molecule is CCC(CCSCCCCCCCCC(C)OCCCO[P](=O)O)OC1CCCCC1. The van der Waals surface area contributed by atoms with Gasteiger partial charge in [0.2, 0.25) is 0 Å². The number of hydrogen-bond donors (Lipinski definition) is 1. The van der Waals surface area contributed by atoms with E-state index in [1.165, 1.54) is 88.6 Å². The van der Waals surface area contributed by atoms with Crippen molar-refractivity contribution in [2.45, 2.75) is 128 Å². The maximum atomic E-state index is 10.4. The second-order valence-electron chi connectivity index (χ2n) is 8.84. The van der Waals surface area contributed by atoms with Gasteiger partial charge in [-0.25, -0.2) is 4.57 Å². The van der Waals surface area contributed by atoms with E-state index >= 15 is 0 Å². The lowest BCUT2D eigenvalue weighted by atomic mass is 9.97. The van der Waals surface area contributed by atoms with E-state index in [0.29, 0.717) is 25.2 Å². The lowest BCUT2D eigenvalue weighted by Crippen LogP contribution is -2.24. The van der Waals surface area contributed by atoms with Gasteiger partial charge >= 0.3 is 8.25 Å². The van der Waals surface area contributed by atoms with Gasteiger partial charge in [-0.1, -0.05) is 58.3 Å². The molecule has 3 unspecified atom stereocenters. The quantitative estimate of drug-likeness (QED) is 0.136. The molecule has 1 radical (unpaired) electrons. The van der Waals surface area contributed by atoms with E-state index in [2.05, 4.69) is 30.1 Å². The normalized spacial score (nSPS) is 17.6. The molecule has 1 aliphatic rings. The third kappa shape index (κ3) is 18.4. The molecule has 1 N–H and O–H groups in total. The Morgan fingerprint density at radius 1 is 0.935 bits per heavy atom. The molecular formula is C24H48O5PS. The maximum Gasteiger partial charge on any atom is 0.366 e. The van der Waals surface area contributed by atoms with E-state index in [4.69, 9.17) is 14.4 Å². The first kappa shape index (κ1) is 29.3. The standard InChI is InChI=1S/C24H48O5PS/c1-3-23(29-24-15-10-8-11-16-24)17-21-31-20-12-7-5-4-6-9-14-22(2)27-18-13-19-28-30(25)26/h22-24H,3-21H2,1-2H3,(H,25,26). The van der Waals surface area contributed by atoms with Crippen molar-refractivity contribution < 1.29 is 23.5 Å². The Morgan fingerprint density at radius 2 is 1.65 bits per heavy atom. The van der Waals surface area contributed by atoms with E-state index in [1.54, 1.807) is 0 Å². The molecule has 0 spiro atoms. The molecule has 1 fully saturated rings. The van der Waals surface area contributed by atoms with Gasteiger partial charge in [-0.15, -0.1) is 0 Å². The Kier molecular flexibility index (Phi) is 19.7. The summed E-state index contributed by atoms with van der Waals surface area (Å²) in [5, 5.41) is 0. The van der Waals surface area contributed by atoms with Crippen LogP contribution >= 0.6 is 20.0 Å². The number of ether oxygens (including phenoxy) is 2. The van der Waals surface area contributed by atoms with Crippen molar-refractivity contribution in [2.24, 2.45) is 0 Å². The van der Waals surface area contributed by atoms with Gasteiger partial charge in [-0.3, -0.25) is 9.42 Å². The molecule has 185 valence electrons. The summed E-state index contributed by atoms with van der Waals surface area (Å²) >= 11 is 2.11. The van der Waals surface area contributed by atoms with Crippen LogP contribution in [0.25, 0.3) is 0 Å². The van der Waals surface area contributed by atoms with Crippen LogP contribution in [0.4, 0.5) is 0 Å². The molecule has 0 amide bonds. The molecule has 0 aromatic carbocycles. The number of thioether (sulfide) groups is 1. The molecule has 0 heterocycles. The lowest BCUT2D eigenvalue weighted by molar-refractivity contribution is -0.0320. The first-order chi connectivity index (χ1) is 15.1. The predicted octanol–water partition coefficient (Wildman–Crippen LogP) is 7.43. The summed E-state index contributed by atoms with van der Waals surface area (Å²) in [6, 6.07) is 0. The summed E-state index contributed by atoms with van der Waals surface area (Å²) in [6.45, 7) is 5.25. The summed E-state index contributed by atoms with van der Waals surface area (Å²) in [4.78, 5) is 8.54. The van der Waals surface area contributed by atoms with Crippen LogP contribution in [0.5, 0.6) is 0 Å². The van der Waals surface area contributed by atoms with Gasteiger partial charge in [0.1, 0.15) is 0 Å². The Balaban J connectivity index is 1.82. The number of rotatable bonds is 21. The largest absolute Gasteiger partial charge is 0.378 e. The van der Waals surface area contributed by atoms with Crippen molar-refractivity contribution in [3.63, 3.8) is 0 Å². The third-order valence-corrected chi connectivity index (χ3v) is 7.52. The van der Waals surface area contributed by atoms with E-state index in [9.17, 15) is 4.57 Å². The van der Waals surface area contributed by atoms with Crippen LogP contribution in [0.3, 0.4) is 0 Å². The maximum absolute atomic E-state index is 10.4. The van der Waals surface area contributed by atoms with Gasteiger partial charge in [0, 0.05) is 6.61 Å². The van der Waals surface area contributed by atoms with Gasteiger partial charge in [-0.05, 0) is 63.4 Å². The fourth-order valence-electron chi connectivity index (χ4n) is 4.07. The molecule has 3 atom stereocenters. The Morgan fingerprint density at radius 3 is 2.35 bits per heavy atom. The molecule has 5 nitrogen and oxygen atoms in total. The molecule has 1 rings (SSSR count). The van der Waals surface area contributed by atoms with Crippen LogP contribution in [0.15, 0.2) is 0 Å². The van der Waals surface area contributed by atoms with E-state index in [-0.39, 0.29) is 12.7 Å². The lowest BCUT2D eigenvalue weighted by Gasteiger charge is -2.27. The highest BCUT2D eigenvalue weighted by Crippen LogP contribution is 2.24. The molecule has 0 bridgehead atoms. The van der Waals surface area contributed by atoms with Crippen LogP contribution in [-0.4, -0.2) is 47.9 Å². The van der Waals surface area contributed by atoms with E-state index in [0.717, 1.165) is 12.8 Å². The van der Waals surface area contributed by atoms with Crippen molar-refractivity contribution in [1.82, 2.24) is 0 Å². The molecule has 1 aliphatic carbocycles. The van der Waals surface area contributed by atoms with Gasteiger partial charge < -0.3 is 9.47 Å². The minimum atomic E-state index is -2.47. The Bertz CT molecular complexity index is 421. The summed E-state index contributed by atoms with van der Waals surface area (Å²) in [5.41, 5.74) is 0. The van der Waals surface area contributed by atoms with Crippen LogP contribution in [0.1, 0.15) is 110 Å². The van der Waals surface area contributed by atoms with Crippen molar-refractivity contribution in [1.29, 1.82) is 0 Å². The first-order valence-corrected chi connectivity index (χ1v) is 15.0. The summed E-state index contributed by atoms with van der Waals surface area (Å²) in [7, 11) is -2.47. The fraction of sp³-hybridized carbons (Fsp3) is 1.00. The second kappa shape index (κ2) is 20.9. The van der Waals surface area contributed by atoms with Crippen LogP contribution in [0.2, 0.25) is 0 Å². The predicted molar refractivity (Wildman–Crippen MR) is 132 cm³/mol. The zero-order chi connectivity index (χ0) is 22.6. The monoisotopic (exact) mass is 479 g/mol. The molecule has 7 heteroatoms. The zero-order valence-corrected chi connectivity index (χ0v) is 21.8. The van der Waals surface area contributed by atoms with Gasteiger partial charge in [0.25, 0.3) is 0 Å². The molecule has 31 heavy (non-hydrogen) atoms. The van der Waals surface area contributed by atoms with Crippen LogP contribution in [0, 0.1) is 0 Å². The van der Waals surface area contributed by atoms with Crippen LogP contribution in [-0.2, 0) is 18.6 Å². The van der Waals surface area contributed by atoms with Crippen molar-refractivity contribution in [2.75, 3.05) is 24.7 Å². The highest BCUT2D eigenvalue weighted by molar-refractivity contribution is 7.99. The minimum absolute atomic E-state index is 0.258. The Labute approximate surface area is 196 Å². The molecule has 0 aromatic heterocycles. The Hall–Kier alpha value is 0.290. The average Bonchev–Trinajstić information content (AvgIpc) is 2.76. The fourth-order valence-corrected chi connectivity index (χ4v) is 5.40. The van der Waals surface area contributed by atoms with E-state index in [1.807, 2.05) is 0 Å². The van der Waals surface area contributed by atoms with Gasteiger partial charge in [0.05, 0.1) is 24.9 Å². The van der Waals surface area contributed by atoms with Gasteiger partial charge in [-0.2, -0.15) is 11.8 Å². The molecule has 0 aromatic rings. The summed E-state index contributed by atoms with van der Waals surface area (Å²) < 4.78 is 27.0. The third-order valence-electron chi connectivity index (χ3n) is 6.02. The first-order valence-electron chi connectivity index (χ1n) is 12.8. The van der Waals surface area contributed by atoms with Gasteiger partial charge in [0.15, 0.2) is 0 Å². The highest BCUT2D eigenvalue weighted by Gasteiger charge is 2.17. The van der Waals surface area contributed by atoms with Crippen molar-refractivity contribution >= 4 is 20.0 Å². The number of hydrogen-bond acceptors (Lipinski definition) is 5. The molecule has 0 saturated heterocycles. The molecule has 1 saturated carbocycles. The van der Waals surface area contributed by atoms with Crippen molar-refractivity contribution in [3.8, 4) is 0 Å². The van der Waals surface area contributed by atoms with Crippen molar-refractivity contribution in [3.05, 3.63) is 0 Å². The molecular weight excluding hydrogens is 431 g/mol. The summed E-state index contributed by atoms with van der Waals surface area (Å²) in [6.07, 6.45) is 19.9. The zero-order valence-electron chi connectivity index (χ0n) is 20.1. The van der Waals surface area contributed by atoms with Crippen LogP contribution < -0.4 is 0 Å². The highest BCUT2D eigenvalue weighted by atomic mass is 32.2. The smallest absolute Gasteiger partial charge is 0.366 e. The topological polar surface area (TPSA) is 65.0 Å². The second-order valence-corrected chi connectivity index (χ2v) is 10.8. The number of unbranched alkanes of at least 4 members (excludes halogenated alkanes) is 5. The minimum Gasteiger partial charge on any atom is -0.378 e. The summed E-state index contributed by atoms with van der Waals surface area (Å²) in [5.74, 6) is 2.53. The average molecular weight is 480 g/mol.